The number of aryl methyl sites for hydroxylation is 2. The molecular formula is C14H19NO. The lowest BCUT2D eigenvalue weighted by Crippen LogP contribution is -2.35. The van der Waals surface area contributed by atoms with Gasteiger partial charge in [0.15, 0.2) is 5.78 Å². The van der Waals surface area contributed by atoms with E-state index in [9.17, 15) is 4.79 Å². The van der Waals surface area contributed by atoms with Crippen molar-refractivity contribution in [2.75, 3.05) is 0 Å². The summed E-state index contributed by atoms with van der Waals surface area (Å²) in [6.45, 7) is 6.07. The molecule has 1 N–H and O–H groups in total. The highest BCUT2D eigenvalue weighted by Crippen LogP contribution is 2.20. The van der Waals surface area contributed by atoms with E-state index in [1.54, 1.807) is 0 Å². The highest BCUT2D eigenvalue weighted by atomic mass is 16.1. The molecule has 1 aliphatic carbocycles. The van der Waals surface area contributed by atoms with Crippen molar-refractivity contribution in [3.63, 3.8) is 0 Å². The smallest absolute Gasteiger partial charge is 0.179 e. The normalized spacial score (nSPS) is 17.2. The van der Waals surface area contributed by atoms with Gasteiger partial charge < -0.3 is 5.32 Å². The number of rotatable bonds is 4. The van der Waals surface area contributed by atoms with Crippen LogP contribution in [0, 0.1) is 13.8 Å². The van der Waals surface area contributed by atoms with Crippen LogP contribution in [0.25, 0.3) is 0 Å². The zero-order valence-corrected chi connectivity index (χ0v) is 10.2. The van der Waals surface area contributed by atoms with Crippen molar-refractivity contribution in [3.8, 4) is 0 Å². The van der Waals surface area contributed by atoms with Gasteiger partial charge in [0.1, 0.15) is 0 Å². The second-order valence-corrected chi connectivity index (χ2v) is 4.83. The highest BCUT2D eigenvalue weighted by Gasteiger charge is 2.26. The molecule has 2 heteroatoms. The lowest BCUT2D eigenvalue weighted by Gasteiger charge is -2.12. The fourth-order valence-corrected chi connectivity index (χ4v) is 1.82. The van der Waals surface area contributed by atoms with E-state index in [1.165, 1.54) is 24.0 Å². The first-order valence-corrected chi connectivity index (χ1v) is 5.95. The van der Waals surface area contributed by atoms with Crippen LogP contribution in [0.4, 0.5) is 0 Å². The van der Waals surface area contributed by atoms with Gasteiger partial charge in [-0.2, -0.15) is 0 Å². The fraction of sp³-hybridized carbons (Fsp3) is 0.500. The average molecular weight is 217 g/mol. The van der Waals surface area contributed by atoms with Gasteiger partial charge in [-0.05, 0) is 50.8 Å². The van der Waals surface area contributed by atoms with E-state index in [1.807, 2.05) is 32.0 Å². The predicted molar refractivity (Wildman–Crippen MR) is 65.9 cm³/mol. The molecule has 1 fully saturated rings. The Labute approximate surface area is 97.1 Å². The summed E-state index contributed by atoms with van der Waals surface area (Å²) < 4.78 is 0. The van der Waals surface area contributed by atoms with E-state index in [4.69, 9.17) is 0 Å². The summed E-state index contributed by atoms with van der Waals surface area (Å²) >= 11 is 0. The first-order chi connectivity index (χ1) is 7.58. The standard InChI is InChI=1S/C14H19NO/c1-9-4-5-12(8-10(9)2)14(16)11(3)15-13-6-7-13/h4-5,8,11,13,15H,6-7H2,1-3H3. The number of ketones is 1. The summed E-state index contributed by atoms with van der Waals surface area (Å²) in [6, 6.07) is 6.45. The van der Waals surface area contributed by atoms with Gasteiger partial charge in [0, 0.05) is 11.6 Å². The number of carbonyl (C=O) groups is 1. The van der Waals surface area contributed by atoms with Crippen molar-refractivity contribution in [3.05, 3.63) is 34.9 Å². The molecule has 0 aliphatic heterocycles. The van der Waals surface area contributed by atoms with E-state index in [-0.39, 0.29) is 11.8 Å². The summed E-state index contributed by atoms with van der Waals surface area (Å²) in [5.74, 6) is 0.204. The summed E-state index contributed by atoms with van der Waals surface area (Å²) in [5, 5.41) is 3.34. The molecule has 0 spiro atoms. The van der Waals surface area contributed by atoms with Gasteiger partial charge in [-0.25, -0.2) is 0 Å². The van der Waals surface area contributed by atoms with Gasteiger partial charge in [-0.3, -0.25) is 4.79 Å². The fourth-order valence-electron chi connectivity index (χ4n) is 1.82. The molecule has 0 amide bonds. The third-order valence-corrected chi connectivity index (χ3v) is 3.25. The first-order valence-electron chi connectivity index (χ1n) is 5.95. The molecule has 1 aromatic carbocycles. The monoisotopic (exact) mass is 217 g/mol. The van der Waals surface area contributed by atoms with E-state index in [0.29, 0.717) is 6.04 Å². The first kappa shape index (κ1) is 11.3. The molecule has 1 unspecified atom stereocenters. The van der Waals surface area contributed by atoms with Gasteiger partial charge in [-0.1, -0.05) is 12.1 Å². The lowest BCUT2D eigenvalue weighted by molar-refractivity contribution is 0.0950. The Morgan fingerprint density at radius 2 is 2.00 bits per heavy atom. The molecule has 1 atom stereocenters. The molecule has 16 heavy (non-hydrogen) atoms. The van der Waals surface area contributed by atoms with Crippen LogP contribution in [0.3, 0.4) is 0 Å². The summed E-state index contributed by atoms with van der Waals surface area (Å²) in [6.07, 6.45) is 2.43. The van der Waals surface area contributed by atoms with E-state index >= 15 is 0 Å². The topological polar surface area (TPSA) is 29.1 Å². The predicted octanol–water partition coefficient (Wildman–Crippen LogP) is 2.63. The molecule has 86 valence electrons. The van der Waals surface area contributed by atoms with Crippen LogP contribution in [-0.4, -0.2) is 17.9 Å². The molecule has 0 radical (unpaired) electrons. The molecule has 1 aliphatic rings. The van der Waals surface area contributed by atoms with E-state index in [0.717, 1.165) is 5.56 Å². The van der Waals surface area contributed by atoms with Gasteiger partial charge in [0.25, 0.3) is 0 Å². The van der Waals surface area contributed by atoms with Crippen LogP contribution >= 0.6 is 0 Å². The Balaban J connectivity index is 2.09. The zero-order valence-electron chi connectivity index (χ0n) is 10.2. The van der Waals surface area contributed by atoms with E-state index in [2.05, 4.69) is 12.2 Å². The Morgan fingerprint density at radius 1 is 1.31 bits per heavy atom. The average Bonchev–Trinajstić information content (AvgIpc) is 3.05. The van der Waals surface area contributed by atoms with Gasteiger partial charge in [-0.15, -0.1) is 0 Å². The molecule has 0 heterocycles. The van der Waals surface area contributed by atoms with Crippen LogP contribution in [0.2, 0.25) is 0 Å². The number of Topliss-reactive ketones (excluding diaryl/α,β-unsaturated/α-hetero) is 1. The quantitative estimate of drug-likeness (QED) is 0.785. The van der Waals surface area contributed by atoms with Crippen LogP contribution in [-0.2, 0) is 0 Å². The van der Waals surface area contributed by atoms with Crippen molar-refractivity contribution in [1.82, 2.24) is 5.32 Å². The second kappa shape index (κ2) is 4.38. The minimum absolute atomic E-state index is 0.0605. The Kier molecular flexibility index (Phi) is 3.10. The largest absolute Gasteiger partial charge is 0.305 e. The minimum atomic E-state index is -0.0605. The highest BCUT2D eigenvalue weighted by molar-refractivity contribution is 6.00. The molecule has 0 aromatic heterocycles. The summed E-state index contributed by atoms with van der Waals surface area (Å²) in [5.41, 5.74) is 3.24. The molecule has 2 nitrogen and oxygen atoms in total. The van der Waals surface area contributed by atoms with Crippen molar-refractivity contribution < 1.29 is 4.79 Å². The number of carbonyl (C=O) groups excluding carboxylic acids is 1. The van der Waals surface area contributed by atoms with Gasteiger partial charge in [0.05, 0.1) is 6.04 Å². The summed E-state index contributed by atoms with van der Waals surface area (Å²) in [4.78, 5) is 12.1. The SMILES string of the molecule is Cc1ccc(C(=O)C(C)NC2CC2)cc1C. The van der Waals surface area contributed by atoms with Crippen LogP contribution < -0.4 is 5.32 Å². The zero-order chi connectivity index (χ0) is 11.7. The maximum absolute atomic E-state index is 12.1. The van der Waals surface area contributed by atoms with Crippen molar-refractivity contribution in [1.29, 1.82) is 0 Å². The molecule has 0 saturated heterocycles. The summed E-state index contributed by atoms with van der Waals surface area (Å²) in [7, 11) is 0. The second-order valence-electron chi connectivity index (χ2n) is 4.83. The Morgan fingerprint density at radius 3 is 2.56 bits per heavy atom. The molecule has 0 bridgehead atoms. The maximum Gasteiger partial charge on any atom is 0.179 e. The van der Waals surface area contributed by atoms with Crippen molar-refractivity contribution >= 4 is 5.78 Å². The lowest BCUT2D eigenvalue weighted by atomic mass is 10.0. The van der Waals surface area contributed by atoms with Crippen LogP contribution in [0.5, 0.6) is 0 Å². The molecule has 1 aromatic rings. The maximum atomic E-state index is 12.1. The van der Waals surface area contributed by atoms with E-state index < -0.39 is 0 Å². The number of hydrogen-bond donors (Lipinski definition) is 1. The van der Waals surface area contributed by atoms with Crippen LogP contribution in [0.15, 0.2) is 18.2 Å². The molecular weight excluding hydrogens is 198 g/mol. The molecule has 2 rings (SSSR count). The van der Waals surface area contributed by atoms with Crippen molar-refractivity contribution in [2.45, 2.75) is 45.7 Å². The van der Waals surface area contributed by atoms with Gasteiger partial charge in [0.2, 0.25) is 0 Å². The minimum Gasteiger partial charge on any atom is -0.305 e. The number of nitrogens with one attached hydrogen (secondary N) is 1. The number of benzene rings is 1. The number of hydrogen-bond acceptors (Lipinski definition) is 2. The Bertz CT molecular complexity index is 407. The van der Waals surface area contributed by atoms with Crippen molar-refractivity contribution in [2.24, 2.45) is 0 Å². The third-order valence-electron chi connectivity index (χ3n) is 3.25. The molecule has 1 saturated carbocycles. The van der Waals surface area contributed by atoms with Gasteiger partial charge >= 0.3 is 0 Å². The third kappa shape index (κ3) is 2.50. The van der Waals surface area contributed by atoms with Crippen LogP contribution in [0.1, 0.15) is 41.3 Å². The Hall–Kier alpha value is -1.15.